The molecule has 0 aliphatic carbocycles. The Bertz CT molecular complexity index is 548. The molecule has 1 atom stereocenters. The van der Waals surface area contributed by atoms with E-state index in [0.29, 0.717) is 11.4 Å². The van der Waals surface area contributed by atoms with Gasteiger partial charge in [0.15, 0.2) is 0 Å². The first-order valence-corrected chi connectivity index (χ1v) is 6.84. The third kappa shape index (κ3) is 2.56. The van der Waals surface area contributed by atoms with Crippen molar-refractivity contribution in [3.63, 3.8) is 0 Å². The van der Waals surface area contributed by atoms with Crippen molar-refractivity contribution in [3.8, 4) is 0 Å². The normalized spacial score (nSPS) is 12.9. The summed E-state index contributed by atoms with van der Waals surface area (Å²) in [7, 11) is 1.88. The highest BCUT2D eigenvalue weighted by Gasteiger charge is 2.19. The number of aryl methyl sites for hydroxylation is 3. The number of rotatable bonds is 4. The Balaban J connectivity index is 2.25. The van der Waals surface area contributed by atoms with Gasteiger partial charge in [-0.05, 0) is 13.8 Å². The van der Waals surface area contributed by atoms with Gasteiger partial charge in [0.1, 0.15) is 0 Å². The molecule has 0 saturated heterocycles. The molecule has 0 amide bonds. The predicted octanol–water partition coefficient (Wildman–Crippen LogP) is 1.89. The maximum Gasteiger partial charge on any atom is 0.0898 e. The first-order chi connectivity index (χ1) is 8.52. The van der Waals surface area contributed by atoms with Crippen LogP contribution in [0.5, 0.6) is 0 Å². The zero-order chi connectivity index (χ0) is 13.3. The van der Waals surface area contributed by atoms with E-state index in [0.717, 1.165) is 22.1 Å². The van der Waals surface area contributed by atoms with Crippen LogP contribution in [0.15, 0.2) is 5.38 Å². The van der Waals surface area contributed by atoms with Crippen molar-refractivity contribution < 1.29 is 0 Å². The van der Waals surface area contributed by atoms with E-state index in [-0.39, 0.29) is 6.04 Å². The van der Waals surface area contributed by atoms with E-state index in [1.165, 1.54) is 0 Å². The third-order valence-corrected chi connectivity index (χ3v) is 4.14. The average molecular weight is 286 g/mol. The number of hydrazine groups is 1. The molecule has 0 spiro atoms. The van der Waals surface area contributed by atoms with Gasteiger partial charge in [0.25, 0.3) is 0 Å². The van der Waals surface area contributed by atoms with Gasteiger partial charge in [0, 0.05) is 18.8 Å². The Kier molecular flexibility index (Phi) is 4.01. The Hall–Kier alpha value is -0.950. The minimum atomic E-state index is -0.0535. The molecule has 18 heavy (non-hydrogen) atoms. The van der Waals surface area contributed by atoms with E-state index in [1.54, 1.807) is 16.0 Å². The summed E-state index contributed by atoms with van der Waals surface area (Å²) in [6, 6.07) is -0.0535. The van der Waals surface area contributed by atoms with Crippen LogP contribution in [0, 0.1) is 13.8 Å². The van der Waals surface area contributed by atoms with E-state index in [1.807, 2.05) is 26.3 Å². The fourth-order valence-electron chi connectivity index (χ4n) is 1.88. The highest BCUT2D eigenvalue weighted by atomic mass is 35.5. The zero-order valence-corrected chi connectivity index (χ0v) is 12.1. The molecule has 2 heterocycles. The summed E-state index contributed by atoms with van der Waals surface area (Å²) in [6.07, 6.45) is 0.663. The summed E-state index contributed by atoms with van der Waals surface area (Å²) in [6.45, 7) is 3.87. The number of nitrogens with one attached hydrogen (secondary N) is 1. The van der Waals surface area contributed by atoms with Crippen LogP contribution in [0.1, 0.15) is 28.1 Å². The number of nitrogens with zero attached hydrogens (tertiary/aromatic N) is 3. The van der Waals surface area contributed by atoms with Crippen molar-refractivity contribution >= 4 is 22.9 Å². The highest BCUT2D eigenvalue weighted by molar-refractivity contribution is 7.09. The smallest absolute Gasteiger partial charge is 0.0898 e. The SMILES string of the molecule is Cc1nc(C(Cc2c(Cl)c(C)nn2C)NN)cs1. The lowest BCUT2D eigenvalue weighted by Gasteiger charge is -2.14. The van der Waals surface area contributed by atoms with Crippen LogP contribution in [-0.2, 0) is 13.5 Å². The molecule has 0 bridgehead atoms. The molecule has 2 rings (SSSR count). The molecular formula is C11H16ClN5S. The van der Waals surface area contributed by atoms with Gasteiger partial charge in [-0.2, -0.15) is 5.10 Å². The van der Waals surface area contributed by atoms with Crippen LogP contribution in [0.4, 0.5) is 0 Å². The summed E-state index contributed by atoms with van der Waals surface area (Å²) >= 11 is 7.85. The number of hydrogen-bond acceptors (Lipinski definition) is 5. The largest absolute Gasteiger partial charge is 0.271 e. The fraction of sp³-hybridized carbons (Fsp3) is 0.455. The van der Waals surface area contributed by atoms with Crippen molar-refractivity contribution in [1.29, 1.82) is 0 Å². The number of aromatic nitrogens is 3. The Morgan fingerprint density at radius 1 is 1.56 bits per heavy atom. The van der Waals surface area contributed by atoms with Crippen LogP contribution in [0.2, 0.25) is 5.02 Å². The molecule has 0 aliphatic rings. The van der Waals surface area contributed by atoms with Crippen LogP contribution in [0.3, 0.4) is 0 Å². The van der Waals surface area contributed by atoms with E-state index < -0.39 is 0 Å². The summed E-state index contributed by atoms with van der Waals surface area (Å²) < 4.78 is 1.79. The zero-order valence-electron chi connectivity index (χ0n) is 10.6. The van der Waals surface area contributed by atoms with Crippen LogP contribution in [-0.4, -0.2) is 14.8 Å². The van der Waals surface area contributed by atoms with Crippen LogP contribution < -0.4 is 11.3 Å². The van der Waals surface area contributed by atoms with Gasteiger partial charge in [0.2, 0.25) is 0 Å². The average Bonchev–Trinajstić information content (AvgIpc) is 2.84. The summed E-state index contributed by atoms with van der Waals surface area (Å²) in [5.74, 6) is 5.61. The van der Waals surface area contributed by atoms with Gasteiger partial charge in [-0.25, -0.2) is 4.98 Å². The molecule has 5 nitrogen and oxygen atoms in total. The second kappa shape index (κ2) is 5.36. The maximum atomic E-state index is 6.24. The van der Waals surface area contributed by atoms with Gasteiger partial charge in [0.05, 0.1) is 33.2 Å². The van der Waals surface area contributed by atoms with Crippen molar-refractivity contribution in [3.05, 3.63) is 32.5 Å². The number of thiazole rings is 1. The molecule has 0 aliphatic heterocycles. The first kappa shape index (κ1) is 13.5. The topological polar surface area (TPSA) is 68.8 Å². The quantitative estimate of drug-likeness (QED) is 0.665. The molecule has 98 valence electrons. The van der Waals surface area contributed by atoms with E-state index >= 15 is 0 Å². The van der Waals surface area contributed by atoms with Crippen molar-refractivity contribution in [2.75, 3.05) is 0 Å². The molecule has 0 saturated carbocycles. The summed E-state index contributed by atoms with van der Waals surface area (Å²) in [4.78, 5) is 4.45. The number of halogens is 1. The number of hydrogen-bond donors (Lipinski definition) is 2. The van der Waals surface area contributed by atoms with Gasteiger partial charge in [-0.1, -0.05) is 11.6 Å². The summed E-state index contributed by atoms with van der Waals surface area (Å²) in [5, 5.41) is 8.03. The monoisotopic (exact) mass is 285 g/mol. The van der Waals surface area contributed by atoms with E-state index in [4.69, 9.17) is 17.4 Å². The van der Waals surface area contributed by atoms with Gasteiger partial charge in [-0.15, -0.1) is 11.3 Å². The van der Waals surface area contributed by atoms with Gasteiger partial charge < -0.3 is 0 Å². The van der Waals surface area contributed by atoms with Crippen molar-refractivity contribution in [2.45, 2.75) is 26.3 Å². The standard InChI is InChI=1S/C11H16ClN5S/c1-6-11(12)10(17(3)16-6)4-8(15-13)9-5-18-7(2)14-9/h5,8,15H,4,13H2,1-3H3. The van der Waals surface area contributed by atoms with Crippen molar-refractivity contribution in [1.82, 2.24) is 20.2 Å². The fourth-order valence-corrected chi connectivity index (χ4v) is 2.79. The molecule has 3 N–H and O–H groups in total. The van der Waals surface area contributed by atoms with E-state index in [2.05, 4.69) is 15.5 Å². The molecular weight excluding hydrogens is 270 g/mol. The molecule has 0 radical (unpaired) electrons. The second-order valence-corrected chi connectivity index (χ2v) is 5.62. The summed E-state index contributed by atoms with van der Waals surface area (Å²) in [5.41, 5.74) is 5.52. The van der Waals surface area contributed by atoms with Crippen LogP contribution >= 0.6 is 22.9 Å². The Morgan fingerprint density at radius 3 is 2.72 bits per heavy atom. The first-order valence-electron chi connectivity index (χ1n) is 5.59. The second-order valence-electron chi connectivity index (χ2n) is 4.18. The van der Waals surface area contributed by atoms with Gasteiger partial charge >= 0.3 is 0 Å². The minimum absolute atomic E-state index is 0.0535. The van der Waals surface area contributed by atoms with Crippen molar-refractivity contribution in [2.24, 2.45) is 12.9 Å². The van der Waals surface area contributed by atoms with Gasteiger partial charge in [-0.3, -0.25) is 16.0 Å². The highest BCUT2D eigenvalue weighted by Crippen LogP contribution is 2.25. The minimum Gasteiger partial charge on any atom is -0.271 e. The Labute approximate surface area is 115 Å². The Morgan fingerprint density at radius 2 is 2.28 bits per heavy atom. The third-order valence-electron chi connectivity index (χ3n) is 2.85. The lowest BCUT2D eigenvalue weighted by molar-refractivity contribution is 0.520. The molecule has 0 fully saturated rings. The maximum absolute atomic E-state index is 6.24. The molecule has 1 unspecified atom stereocenters. The number of nitrogens with two attached hydrogens (primary N) is 1. The lowest BCUT2D eigenvalue weighted by Crippen LogP contribution is -2.30. The predicted molar refractivity (Wildman–Crippen MR) is 73.6 cm³/mol. The van der Waals surface area contributed by atoms with Crippen LogP contribution in [0.25, 0.3) is 0 Å². The molecule has 7 heteroatoms. The molecule has 2 aromatic rings. The molecule has 2 aromatic heterocycles. The molecule has 0 aromatic carbocycles. The lowest BCUT2D eigenvalue weighted by atomic mass is 10.1. The van der Waals surface area contributed by atoms with E-state index in [9.17, 15) is 0 Å².